The second-order valence-corrected chi connectivity index (χ2v) is 5.91. The van der Waals surface area contributed by atoms with Crippen molar-refractivity contribution >= 4 is 0 Å². The van der Waals surface area contributed by atoms with Crippen LogP contribution in [-0.4, -0.2) is 5.11 Å². The molecule has 1 aromatic carbocycles. The van der Waals surface area contributed by atoms with Gasteiger partial charge in [0.15, 0.2) is 0 Å². The van der Waals surface area contributed by atoms with Gasteiger partial charge in [-0.1, -0.05) is 45.7 Å². The number of phenolic OH excluding ortho intramolecular Hbond substituents is 1. The lowest BCUT2D eigenvalue weighted by atomic mass is 9.80. The highest BCUT2D eigenvalue weighted by molar-refractivity contribution is 5.51. The van der Waals surface area contributed by atoms with Crippen LogP contribution in [0.25, 0.3) is 0 Å². The van der Waals surface area contributed by atoms with Crippen molar-refractivity contribution in [3.63, 3.8) is 0 Å². The zero-order chi connectivity index (χ0) is 13.3. The fraction of sp³-hybridized carbons (Fsp3) is 0.625. The molecule has 2 nitrogen and oxygen atoms in total. The van der Waals surface area contributed by atoms with E-state index in [1.807, 2.05) is 6.07 Å². The van der Waals surface area contributed by atoms with Crippen molar-refractivity contribution in [1.29, 1.82) is 0 Å². The van der Waals surface area contributed by atoms with Crippen LogP contribution in [-0.2, 0) is 12.0 Å². The van der Waals surface area contributed by atoms with Crippen LogP contribution < -0.4 is 5.73 Å². The molecular weight excluding hydrogens is 222 g/mol. The number of hydrogen-bond donors (Lipinski definition) is 2. The van der Waals surface area contributed by atoms with E-state index in [0.717, 1.165) is 30.4 Å². The number of rotatable bonds is 3. The number of hydrogen-bond acceptors (Lipinski definition) is 2. The van der Waals surface area contributed by atoms with Crippen LogP contribution in [0, 0.1) is 0 Å². The lowest BCUT2D eigenvalue weighted by Gasteiger charge is -2.30. The third-order valence-electron chi connectivity index (χ3n) is 4.29. The lowest BCUT2D eigenvalue weighted by Crippen LogP contribution is -2.34. The summed E-state index contributed by atoms with van der Waals surface area (Å²) >= 11 is 0. The van der Waals surface area contributed by atoms with Crippen LogP contribution in [0.15, 0.2) is 12.1 Å². The van der Waals surface area contributed by atoms with Gasteiger partial charge < -0.3 is 10.8 Å². The molecule has 100 valence electrons. The Morgan fingerprint density at radius 1 is 1.28 bits per heavy atom. The molecule has 1 aromatic rings. The SMILES string of the molecule is CCc1ccc(C(C)C)c(C2(N)CCCC2)c1O. The summed E-state index contributed by atoms with van der Waals surface area (Å²) in [6.45, 7) is 6.41. The van der Waals surface area contributed by atoms with Gasteiger partial charge in [-0.25, -0.2) is 0 Å². The first-order valence-corrected chi connectivity index (χ1v) is 7.13. The lowest BCUT2D eigenvalue weighted by molar-refractivity contribution is 0.400. The Hall–Kier alpha value is -1.02. The molecule has 1 aliphatic rings. The van der Waals surface area contributed by atoms with Crippen molar-refractivity contribution < 1.29 is 5.11 Å². The first kappa shape index (κ1) is 13.4. The number of benzene rings is 1. The van der Waals surface area contributed by atoms with E-state index >= 15 is 0 Å². The van der Waals surface area contributed by atoms with E-state index in [4.69, 9.17) is 5.73 Å². The normalized spacial score (nSPS) is 18.5. The molecule has 0 spiro atoms. The summed E-state index contributed by atoms with van der Waals surface area (Å²) in [5.74, 6) is 0.853. The predicted octanol–water partition coefficient (Wildman–Crippen LogP) is 3.81. The molecule has 1 aliphatic carbocycles. The maximum atomic E-state index is 10.6. The molecular formula is C16H25NO. The van der Waals surface area contributed by atoms with Crippen LogP contribution >= 0.6 is 0 Å². The molecule has 0 saturated heterocycles. The third-order valence-corrected chi connectivity index (χ3v) is 4.29. The molecule has 0 aliphatic heterocycles. The number of phenols is 1. The molecule has 1 fully saturated rings. The molecule has 0 bridgehead atoms. The van der Waals surface area contributed by atoms with Crippen molar-refractivity contribution in [2.24, 2.45) is 5.73 Å². The largest absolute Gasteiger partial charge is 0.507 e. The van der Waals surface area contributed by atoms with E-state index in [1.54, 1.807) is 0 Å². The van der Waals surface area contributed by atoms with E-state index < -0.39 is 0 Å². The van der Waals surface area contributed by atoms with Crippen molar-refractivity contribution in [1.82, 2.24) is 0 Å². The van der Waals surface area contributed by atoms with Crippen LogP contribution in [0.5, 0.6) is 5.75 Å². The molecule has 3 N–H and O–H groups in total. The predicted molar refractivity (Wildman–Crippen MR) is 75.9 cm³/mol. The average Bonchev–Trinajstić information content (AvgIpc) is 2.76. The van der Waals surface area contributed by atoms with Gasteiger partial charge in [-0.15, -0.1) is 0 Å². The second kappa shape index (κ2) is 4.93. The molecule has 0 aromatic heterocycles. The highest BCUT2D eigenvalue weighted by Gasteiger charge is 2.36. The van der Waals surface area contributed by atoms with Crippen LogP contribution in [0.1, 0.15) is 69.1 Å². The molecule has 0 atom stereocenters. The van der Waals surface area contributed by atoms with Crippen molar-refractivity contribution in [2.75, 3.05) is 0 Å². The van der Waals surface area contributed by atoms with Crippen molar-refractivity contribution in [3.8, 4) is 5.75 Å². The quantitative estimate of drug-likeness (QED) is 0.853. The summed E-state index contributed by atoms with van der Waals surface area (Å²) in [6, 6.07) is 4.21. The third kappa shape index (κ3) is 2.14. The molecule has 0 unspecified atom stereocenters. The van der Waals surface area contributed by atoms with Gasteiger partial charge in [-0.05, 0) is 36.3 Å². The smallest absolute Gasteiger partial charge is 0.124 e. The van der Waals surface area contributed by atoms with Crippen LogP contribution in [0.2, 0.25) is 0 Å². The summed E-state index contributed by atoms with van der Waals surface area (Å²) in [5, 5.41) is 10.6. The average molecular weight is 247 g/mol. The Bertz CT molecular complexity index is 431. The minimum Gasteiger partial charge on any atom is -0.507 e. The molecule has 0 radical (unpaired) electrons. The maximum Gasteiger partial charge on any atom is 0.124 e. The molecule has 2 heteroatoms. The summed E-state index contributed by atoms with van der Waals surface area (Å²) in [6.07, 6.45) is 5.18. The van der Waals surface area contributed by atoms with Crippen LogP contribution in [0.3, 0.4) is 0 Å². The Kier molecular flexibility index (Phi) is 3.67. The summed E-state index contributed by atoms with van der Waals surface area (Å²) < 4.78 is 0. The van der Waals surface area contributed by atoms with Gasteiger partial charge >= 0.3 is 0 Å². The van der Waals surface area contributed by atoms with Gasteiger partial charge in [-0.2, -0.15) is 0 Å². The zero-order valence-electron chi connectivity index (χ0n) is 11.8. The summed E-state index contributed by atoms with van der Waals surface area (Å²) in [4.78, 5) is 0. The summed E-state index contributed by atoms with van der Waals surface area (Å²) in [7, 11) is 0. The van der Waals surface area contributed by atoms with Crippen LogP contribution in [0.4, 0.5) is 0 Å². The Morgan fingerprint density at radius 3 is 2.39 bits per heavy atom. The Balaban J connectivity index is 2.60. The second-order valence-electron chi connectivity index (χ2n) is 5.91. The van der Waals surface area contributed by atoms with E-state index in [-0.39, 0.29) is 5.54 Å². The standard InChI is InChI=1S/C16H25NO/c1-4-12-7-8-13(11(2)3)14(15(12)18)16(17)9-5-6-10-16/h7-8,11,18H,4-6,9-10,17H2,1-3H3. The fourth-order valence-electron chi connectivity index (χ4n) is 3.20. The van der Waals surface area contributed by atoms with Gasteiger partial charge in [-0.3, -0.25) is 0 Å². The number of aryl methyl sites for hydroxylation is 1. The Labute approximate surface area is 110 Å². The number of aromatic hydroxyl groups is 1. The fourth-order valence-corrected chi connectivity index (χ4v) is 3.20. The van der Waals surface area contributed by atoms with E-state index in [1.165, 1.54) is 18.4 Å². The van der Waals surface area contributed by atoms with E-state index in [9.17, 15) is 5.11 Å². The highest BCUT2D eigenvalue weighted by atomic mass is 16.3. The minimum absolute atomic E-state index is 0.311. The molecule has 2 rings (SSSR count). The van der Waals surface area contributed by atoms with Crippen molar-refractivity contribution in [3.05, 3.63) is 28.8 Å². The maximum absolute atomic E-state index is 10.6. The first-order valence-electron chi connectivity index (χ1n) is 7.13. The van der Waals surface area contributed by atoms with Gasteiger partial charge in [0.1, 0.15) is 5.75 Å². The van der Waals surface area contributed by atoms with Gasteiger partial charge in [0.25, 0.3) is 0 Å². The molecule has 18 heavy (non-hydrogen) atoms. The Morgan fingerprint density at radius 2 is 1.89 bits per heavy atom. The first-order chi connectivity index (χ1) is 8.49. The monoisotopic (exact) mass is 247 g/mol. The van der Waals surface area contributed by atoms with Crippen molar-refractivity contribution in [2.45, 2.75) is 64.3 Å². The molecule has 1 saturated carbocycles. The minimum atomic E-state index is -0.311. The van der Waals surface area contributed by atoms with Gasteiger partial charge in [0, 0.05) is 11.1 Å². The van der Waals surface area contributed by atoms with Gasteiger partial charge in [0.05, 0.1) is 0 Å². The summed E-state index contributed by atoms with van der Waals surface area (Å²) in [5.41, 5.74) is 9.53. The number of nitrogens with two attached hydrogens (primary N) is 1. The molecule has 0 amide bonds. The van der Waals surface area contributed by atoms with Gasteiger partial charge in [0.2, 0.25) is 0 Å². The van der Waals surface area contributed by atoms with E-state index in [2.05, 4.69) is 26.8 Å². The zero-order valence-corrected chi connectivity index (χ0v) is 11.8. The topological polar surface area (TPSA) is 46.2 Å². The molecule has 0 heterocycles. The highest BCUT2D eigenvalue weighted by Crippen LogP contribution is 2.45. The van der Waals surface area contributed by atoms with E-state index in [0.29, 0.717) is 11.7 Å².